The molecule has 106 valence electrons. The molecule has 1 aromatic carbocycles. The Morgan fingerprint density at radius 2 is 2.05 bits per heavy atom. The third kappa shape index (κ3) is 7.45. The lowest BCUT2D eigenvalue weighted by Crippen LogP contribution is -2.37. The molecule has 0 bridgehead atoms. The van der Waals surface area contributed by atoms with Gasteiger partial charge in [0.25, 0.3) is 0 Å². The number of hydrogen-bond acceptors (Lipinski definition) is 3. The fourth-order valence-electron chi connectivity index (χ4n) is 1.41. The van der Waals surface area contributed by atoms with Gasteiger partial charge in [0.2, 0.25) is 5.91 Å². The molecule has 0 saturated carbocycles. The van der Waals surface area contributed by atoms with E-state index in [-0.39, 0.29) is 5.91 Å². The molecule has 0 aliphatic rings. The monoisotopic (exact) mass is 300 g/mol. The van der Waals surface area contributed by atoms with Gasteiger partial charge in [0.1, 0.15) is 0 Å². The Kier molecular flexibility index (Phi) is 7.94. The maximum Gasteiger partial charge on any atom is 0.220 e. The van der Waals surface area contributed by atoms with Crippen LogP contribution >= 0.6 is 23.4 Å². The first-order chi connectivity index (χ1) is 9.11. The Morgan fingerprint density at radius 3 is 2.68 bits per heavy atom. The van der Waals surface area contributed by atoms with Gasteiger partial charge in [-0.2, -0.15) is 0 Å². The molecule has 0 saturated heterocycles. The van der Waals surface area contributed by atoms with Gasteiger partial charge in [0.05, 0.1) is 0 Å². The van der Waals surface area contributed by atoms with Gasteiger partial charge < -0.3 is 10.6 Å². The number of halogens is 1. The van der Waals surface area contributed by atoms with Crippen molar-refractivity contribution in [2.75, 3.05) is 19.3 Å². The molecule has 0 aliphatic heterocycles. The van der Waals surface area contributed by atoms with E-state index in [9.17, 15) is 4.79 Å². The second kappa shape index (κ2) is 9.23. The summed E-state index contributed by atoms with van der Waals surface area (Å²) in [5.74, 6) is 1.06. The molecule has 1 unspecified atom stereocenters. The van der Waals surface area contributed by atoms with E-state index in [2.05, 4.69) is 10.6 Å². The minimum Gasteiger partial charge on any atom is -0.355 e. The van der Waals surface area contributed by atoms with Gasteiger partial charge in [-0.1, -0.05) is 11.6 Å². The normalized spacial score (nSPS) is 12.2. The van der Waals surface area contributed by atoms with Crippen LogP contribution in [0.15, 0.2) is 29.2 Å². The van der Waals surface area contributed by atoms with E-state index in [4.69, 9.17) is 11.6 Å². The van der Waals surface area contributed by atoms with Crippen molar-refractivity contribution in [2.45, 2.75) is 30.7 Å². The third-order valence-electron chi connectivity index (χ3n) is 2.73. The first-order valence-corrected chi connectivity index (χ1v) is 7.80. The van der Waals surface area contributed by atoms with Crippen molar-refractivity contribution in [3.63, 3.8) is 0 Å². The fourth-order valence-corrected chi connectivity index (χ4v) is 2.39. The summed E-state index contributed by atoms with van der Waals surface area (Å²) in [4.78, 5) is 12.7. The molecule has 0 spiro atoms. The molecule has 0 heterocycles. The Labute approximate surface area is 124 Å². The van der Waals surface area contributed by atoms with Gasteiger partial charge in [0, 0.05) is 28.9 Å². The molecular weight excluding hydrogens is 280 g/mol. The van der Waals surface area contributed by atoms with Crippen molar-refractivity contribution in [1.29, 1.82) is 0 Å². The highest BCUT2D eigenvalue weighted by molar-refractivity contribution is 7.99. The molecule has 0 aliphatic carbocycles. The van der Waals surface area contributed by atoms with Crippen LogP contribution in [0.3, 0.4) is 0 Å². The molecule has 5 heteroatoms. The first kappa shape index (κ1) is 16.3. The van der Waals surface area contributed by atoms with Crippen LogP contribution in [0.25, 0.3) is 0 Å². The summed E-state index contributed by atoms with van der Waals surface area (Å²) in [5.41, 5.74) is 0. The van der Waals surface area contributed by atoms with Gasteiger partial charge in [-0.05, 0) is 50.4 Å². The lowest BCUT2D eigenvalue weighted by molar-refractivity contribution is -0.121. The number of carbonyl (C=O) groups excluding carboxylic acids is 1. The summed E-state index contributed by atoms with van der Waals surface area (Å²) in [5, 5.41) is 6.75. The zero-order chi connectivity index (χ0) is 14.1. The molecule has 0 radical (unpaired) electrons. The average molecular weight is 301 g/mol. The predicted octanol–water partition coefficient (Wildman–Crippen LogP) is 2.94. The zero-order valence-electron chi connectivity index (χ0n) is 11.4. The van der Waals surface area contributed by atoms with Gasteiger partial charge in [-0.15, -0.1) is 11.8 Å². The summed E-state index contributed by atoms with van der Waals surface area (Å²) in [6.45, 7) is 2.72. The molecule has 1 amide bonds. The van der Waals surface area contributed by atoms with Gasteiger partial charge in [0.15, 0.2) is 0 Å². The SMILES string of the molecule is CNC(C)CNC(=O)CCCSc1ccc(Cl)cc1. The van der Waals surface area contributed by atoms with Crippen LogP contribution in [-0.4, -0.2) is 31.3 Å². The number of hydrogen-bond donors (Lipinski definition) is 2. The largest absolute Gasteiger partial charge is 0.355 e. The van der Waals surface area contributed by atoms with E-state index in [0.717, 1.165) is 17.2 Å². The van der Waals surface area contributed by atoms with E-state index >= 15 is 0 Å². The number of carbonyl (C=O) groups is 1. The molecule has 2 N–H and O–H groups in total. The summed E-state index contributed by atoms with van der Waals surface area (Å²) < 4.78 is 0. The average Bonchev–Trinajstić information content (AvgIpc) is 2.42. The summed E-state index contributed by atoms with van der Waals surface area (Å²) in [6.07, 6.45) is 1.46. The maximum atomic E-state index is 11.6. The minimum absolute atomic E-state index is 0.124. The quantitative estimate of drug-likeness (QED) is 0.573. The molecular formula is C14H21ClN2OS. The predicted molar refractivity (Wildman–Crippen MR) is 82.9 cm³/mol. The van der Waals surface area contributed by atoms with Crippen LogP contribution < -0.4 is 10.6 Å². The van der Waals surface area contributed by atoms with Crippen molar-refractivity contribution in [2.24, 2.45) is 0 Å². The van der Waals surface area contributed by atoms with Gasteiger partial charge >= 0.3 is 0 Å². The standard InChI is InChI=1S/C14H21ClN2OS/c1-11(16-2)10-17-14(18)4-3-9-19-13-7-5-12(15)6-8-13/h5-8,11,16H,3-4,9-10H2,1-2H3,(H,17,18). The third-order valence-corrected chi connectivity index (χ3v) is 4.08. The van der Waals surface area contributed by atoms with Crippen LogP contribution in [0.5, 0.6) is 0 Å². The minimum atomic E-state index is 0.124. The van der Waals surface area contributed by atoms with Gasteiger partial charge in [-0.3, -0.25) is 4.79 Å². The van der Waals surface area contributed by atoms with E-state index in [1.165, 1.54) is 4.90 Å². The second-order valence-electron chi connectivity index (χ2n) is 4.40. The van der Waals surface area contributed by atoms with Crippen molar-refractivity contribution in [3.8, 4) is 0 Å². The van der Waals surface area contributed by atoms with E-state index in [1.54, 1.807) is 11.8 Å². The number of benzene rings is 1. The summed E-state index contributed by atoms with van der Waals surface area (Å²) in [7, 11) is 1.89. The zero-order valence-corrected chi connectivity index (χ0v) is 13.0. The van der Waals surface area contributed by atoms with Crippen molar-refractivity contribution in [3.05, 3.63) is 29.3 Å². The van der Waals surface area contributed by atoms with Crippen LogP contribution in [0, 0.1) is 0 Å². The molecule has 3 nitrogen and oxygen atoms in total. The lowest BCUT2D eigenvalue weighted by Gasteiger charge is -2.11. The highest BCUT2D eigenvalue weighted by atomic mass is 35.5. The van der Waals surface area contributed by atoms with Gasteiger partial charge in [-0.25, -0.2) is 0 Å². The Hall–Kier alpha value is -0.710. The van der Waals surface area contributed by atoms with Crippen LogP contribution in [0.2, 0.25) is 5.02 Å². The first-order valence-electron chi connectivity index (χ1n) is 6.44. The highest BCUT2D eigenvalue weighted by Crippen LogP contribution is 2.21. The fraction of sp³-hybridized carbons (Fsp3) is 0.500. The smallest absolute Gasteiger partial charge is 0.220 e. The lowest BCUT2D eigenvalue weighted by atomic mass is 10.3. The highest BCUT2D eigenvalue weighted by Gasteiger charge is 2.03. The molecule has 19 heavy (non-hydrogen) atoms. The Bertz CT molecular complexity index is 384. The summed E-state index contributed by atoms with van der Waals surface area (Å²) in [6, 6.07) is 8.09. The molecule has 1 rings (SSSR count). The molecule has 0 aromatic heterocycles. The molecule has 1 atom stereocenters. The Balaban J connectivity index is 2.10. The van der Waals surface area contributed by atoms with Crippen LogP contribution in [0.1, 0.15) is 19.8 Å². The number of rotatable bonds is 8. The van der Waals surface area contributed by atoms with E-state index in [0.29, 0.717) is 19.0 Å². The summed E-state index contributed by atoms with van der Waals surface area (Å²) >= 11 is 7.57. The van der Waals surface area contributed by atoms with Crippen LogP contribution in [-0.2, 0) is 4.79 Å². The van der Waals surface area contributed by atoms with Crippen molar-refractivity contribution >= 4 is 29.3 Å². The topological polar surface area (TPSA) is 41.1 Å². The number of likely N-dealkylation sites (N-methyl/N-ethyl adjacent to an activating group) is 1. The number of nitrogens with one attached hydrogen (secondary N) is 2. The van der Waals surface area contributed by atoms with E-state index < -0.39 is 0 Å². The van der Waals surface area contributed by atoms with Crippen molar-refractivity contribution < 1.29 is 4.79 Å². The van der Waals surface area contributed by atoms with E-state index in [1.807, 2.05) is 38.2 Å². The maximum absolute atomic E-state index is 11.6. The molecule has 1 aromatic rings. The Morgan fingerprint density at radius 1 is 1.37 bits per heavy atom. The second-order valence-corrected chi connectivity index (χ2v) is 6.00. The number of amides is 1. The molecule has 0 fully saturated rings. The number of thioether (sulfide) groups is 1. The van der Waals surface area contributed by atoms with Crippen LogP contribution in [0.4, 0.5) is 0 Å². The van der Waals surface area contributed by atoms with Crippen molar-refractivity contribution in [1.82, 2.24) is 10.6 Å².